The van der Waals surface area contributed by atoms with Crippen molar-refractivity contribution in [3.63, 3.8) is 0 Å². The number of rotatable bonds is 5. The Hall–Kier alpha value is -1.37. The zero-order valence-electron chi connectivity index (χ0n) is 12.6. The summed E-state index contributed by atoms with van der Waals surface area (Å²) in [5.41, 5.74) is 0.905. The Kier molecular flexibility index (Phi) is 6.21. The first kappa shape index (κ1) is 18.0. The van der Waals surface area contributed by atoms with Gasteiger partial charge in [-0.25, -0.2) is 9.59 Å². The van der Waals surface area contributed by atoms with Crippen molar-refractivity contribution in [1.29, 1.82) is 0 Å². The van der Waals surface area contributed by atoms with E-state index < -0.39 is 12.0 Å². The first-order chi connectivity index (χ1) is 10.9. The van der Waals surface area contributed by atoms with E-state index in [1.807, 2.05) is 0 Å². The standard InChI is InChI=1S/C15H16Cl2N2O3S/c1-3-22-14(20)12-8(2)18-15(21)19-11(12)7-23-13-9(16)5-4-6-10(13)17/h4-6,8H,3,7H2,1-2H3,(H2,18,19,21). The molecule has 0 fully saturated rings. The number of hydrogen-bond acceptors (Lipinski definition) is 4. The van der Waals surface area contributed by atoms with E-state index in [1.165, 1.54) is 11.8 Å². The first-order valence-electron chi connectivity index (χ1n) is 6.98. The lowest BCUT2D eigenvalue weighted by Gasteiger charge is -2.26. The second-order valence-electron chi connectivity index (χ2n) is 4.77. The van der Waals surface area contributed by atoms with E-state index in [-0.39, 0.29) is 12.6 Å². The van der Waals surface area contributed by atoms with Crippen molar-refractivity contribution in [3.8, 4) is 0 Å². The maximum Gasteiger partial charge on any atom is 0.337 e. The van der Waals surface area contributed by atoms with Gasteiger partial charge in [0.1, 0.15) is 0 Å². The molecule has 5 nitrogen and oxygen atoms in total. The number of carbonyl (C=O) groups is 2. The third-order valence-corrected chi connectivity index (χ3v) is 5.16. The van der Waals surface area contributed by atoms with E-state index in [4.69, 9.17) is 27.9 Å². The molecule has 0 radical (unpaired) electrons. The highest BCUT2D eigenvalue weighted by Crippen LogP contribution is 2.35. The molecule has 2 N–H and O–H groups in total. The molecule has 23 heavy (non-hydrogen) atoms. The molecule has 2 rings (SSSR count). The van der Waals surface area contributed by atoms with E-state index in [2.05, 4.69) is 10.6 Å². The summed E-state index contributed by atoms with van der Waals surface area (Å²) in [5, 5.41) is 6.36. The van der Waals surface area contributed by atoms with Gasteiger partial charge in [-0.2, -0.15) is 0 Å². The molecule has 1 aliphatic heterocycles. The van der Waals surface area contributed by atoms with Gasteiger partial charge in [0.15, 0.2) is 0 Å². The fourth-order valence-electron chi connectivity index (χ4n) is 2.16. The van der Waals surface area contributed by atoms with Crippen molar-refractivity contribution in [2.24, 2.45) is 0 Å². The van der Waals surface area contributed by atoms with Crippen LogP contribution in [0, 0.1) is 0 Å². The molecule has 0 bridgehead atoms. The molecule has 8 heteroatoms. The van der Waals surface area contributed by atoms with Crippen LogP contribution in [0.5, 0.6) is 0 Å². The van der Waals surface area contributed by atoms with Crippen molar-refractivity contribution in [2.45, 2.75) is 24.8 Å². The summed E-state index contributed by atoms with van der Waals surface area (Å²) < 4.78 is 5.07. The highest BCUT2D eigenvalue weighted by atomic mass is 35.5. The van der Waals surface area contributed by atoms with Crippen LogP contribution in [0.4, 0.5) is 4.79 Å². The molecule has 1 heterocycles. The second-order valence-corrected chi connectivity index (χ2v) is 6.57. The summed E-state index contributed by atoms with van der Waals surface area (Å²) >= 11 is 13.6. The average Bonchev–Trinajstić information content (AvgIpc) is 2.46. The van der Waals surface area contributed by atoms with Crippen molar-refractivity contribution in [3.05, 3.63) is 39.5 Å². The number of hydrogen-bond donors (Lipinski definition) is 2. The van der Waals surface area contributed by atoms with Crippen molar-refractivity contribution < 1.29 is 14.3 Å². The zero-order valence-corrected chi connectivity index (χ0v) is 14.9. The van der Waals surface area contributed by atoms with E-state index in [1.54, 1.807) is 32.0 Å². The Balaban J connectivity index is 2.27. The molecule has 1 unspecified atom stereocenters. The smallest absolute Gasteiger partial charge is 0.337 e. The lowest BCUT2D eigenvalue weighted by molar-refractivity contribution is -0.138. The lowest BCUT2D eigenvalue weighted by Crippen LogP contribution is -2.49. The Morgan fingerprint density at radius 3 is 2.61 bits per heavy atom. The highest BCUT2D eigenvalue weighted by Gasteiger charge is 2.29. The minimum atomic E-state index is -0.451. The predicted octanol–water partition coefficient (Wildman–Crippen LogP) is 3.60. The topological polar surface area (TPSA) is 67.4 Å². The molecular weight excluding hydrogens is 359 g/mol. The molecule has 0 aliphatic carbocycles. The maximum atomic E-state index is 12.1. The quantitative estimate of drug-likeness (QED) is 0.610. The number of nitrogens with one attached hydrogen (secondary N) is 2. The van der Waals surface area contributed by atoms with Gasteiger partial charge in [0.05, 0.1) is 28.3 Å². The molecule has 1 aliphatic rings. The maximum absolute atomic E-state index is 12.1. The average molecular weight is 375 g/mol. The van der Waals surface area contributed by atoms with Crippen LogP contribution in [0.2, 0.25) is 10.0 Å². The van der Waals surface area contributed by atoms with Crippen molar-refractivity contribution in [2.75, 3.05) is 12.4 Å². The van der Waals surface area contributed by atoms with Gasteiger partial charge >= 0.3 is 12.0 Å². The summed E-state index contributed by atoms with van der Waals surface area (Å²) in [5.74, 6) is -0.108. The molecule has 124 valence electrons. The van der Waals surface area contributed by atoms with Gasteiger partial charge in [-0.15, -0.1) is 11.8 Å². The van der Waals surface area contributed by atoms with Crippen LogP contribution in [0.3, 0.4) is 0 Å². The molecule has 2 amide bonds. The van der Waals surface area contributed by atoms with Gasteiger partial charge in [0.25, 0.3) is 0 Å². The van der Waals surface area contributed by atoms with Crippen LogP contribution in [0.25, 0.3) is 0 Å². The summed E-state index contributed by atoms with van der Waals surface area (Å²) in [4.78, 5) is 24.5. The number of halogens is 2. The molecule has 1 aromatic carbocycles. The van der Waals surface area contributed by atoms with Gasteiger partial charge < -0.3 is 15.4 Å². The number of benzene rings is 1. The molecule has 0 aromatic heterocycles. The van der Waals surface area contributed by atoms with Gasteiger partial charge in [0.2, 0.25) is 0 Å². The van der Waals surface area contributed by atoms with Crippen LogP contribution in [-0.4, -0.2) is 30.4 Å². The third-order valence-electron chi connectivity index (χ3n) is 3.15. The monoisotopic (exact) mass is 374 g/mol. The van der Waals surface area contributed by atoms with Crippen LogP contribution < -0.4 is 10.6 Å². The number of carbonyl (C=O) groups excluding carboxylic acids is 2. The Morgan fingerprint density at radius 2 is 2.00 bits per heavy atom. The Morgan fingerprint density at radius 1 is 1.35 bits per heavy atom. The SMILES string of the molecule is CCOC(=O)C1=C(CSc2c(Cl)cccc2Cl)NC(=O)NC1C. The molecule has 0 saturated heterocycles. The molecule has 1 aromatic rings. The first-order valence-corrected chi connectivity index (χ1v) is 8.72. The predicted molar refractivity (Wildman–Crippen MR) is 92.0 cm³/mol. The van der Waals surface area contributed by atoms with Gasteiger partial charge in [-0.1, -0.05) is 29.3 Å². The minimum Gasteiger partial charge on any atom is -0.463 e. The van der Waals surface area contributed by atoms with Crippen LogP contribution in [0.15, 0.2) is 34.4 Å². The summed E-state index contributed by atoms with van der Waals surface area (Å²) in [6, 6.07) is 4.44. The normalized spacial score (nSPS) is 17.6. The molecule has 1 atom stereocenters. The van der Waals surface area contributed by atoms with E-state index in [0.29, 0.717) is 32.0 Å². The van der Waals surface area contributed by atoms with Crippen molar-refractivity contribution in [1.82, 2.24) is 10.6 Å². The summed E-state index contributed by atoms with van der Waals surface area (Å²) in [7, 11) is 0. The van der Waals surface area contributed by atoms with E-state index >= 15 is 0 Å². The van der Waals surface area contributed by atoms with Gasteiger partial charge in [0, 0.05) is 16.3 Å². The highest BCUT2D eigenvalue weighted by molar-refractivity contribution is 7.99. The third kappa shape index (κ3) is 4.34. The molecule has 0 spiro atoms. The van der Waals surface area contributed by atoms with E-state index in [9.17, 15) is 9.59 Å². The summed E-state index contributed by atoms with van der Waals surface area (Å²) in [6.45, 7) is 3.73. The number of amides is 2. The minimum absolute atomic E-state index is 0.264. The van der Waals surface area contributed by atoms with Gasteiger partial charge in [-0.05, 0) is 26.0 Å². The fraction of sp³-hybridized carbons (Fsp3) is 0.333. The molecular formula is C15H16Cl2N2O3S. The van der Waals surface area contributed by atoms with E-state index in [0.717, 1.165) is 0 Å². The van der Waals surface area contributed by atoms with Crippen LogP contribution in [-0.2, 0) is 9.53 Å². The van der Waals surface area contributed by atoms with Crippen LogP contribution >= 0.6 is 35.0 Å². The number of thioether (sulfide) groups is 1. The number of urea groups is 1. The summed E-state index contributed by atoms with van der Waals surface area (Å²) in [6.07, 6.45) is 0. The van der Waals surface area contributed by atoms with Gasteiger partial charge in [-0.3, -0.25) is 0 Å². The van der Waals surface area contributed by atoms with Crippen LogP contribution in [0.1, 0.15) is 13.8 Å². The largest absolute Gasteiger partial charge is 0.463 e. The second kappa shape index (κ2) is 7.95. The Labute approximate surface area is 148 Å². The fourth-order valence-corrected chi connectivity index (χ4v) is 3.81. The van der Waals surface area contributed by atoms with Crippen molar-refractivity contribution >= 4 is 47.0 Å². The number of esters is 1. The Bertz CT molecular complexity index is 644. The molecule has 0 saturated carbocycles. The number of ether oxygens (including phenoxy) is 1. The lowest BCUT2D eigenvalue weighted by atomic mass is 10.1. The zero-order chi connectivity index (χ0) is 17.0.